The quantitative estimate of drug-likeness (QED) is 0.743. The molecule has 0 aliphatic heterocycles. The van der Waals surface area contributed by atoms with E-state index >= 15 is 0 Å². The summed E-state index contributed by atoms with van der Waals surface area (Å²) in [7, 11) is 0. The van der Waals surface area contributed by atoms with Crippen LogP contribution >= 0.6 is 0 Å². The largest absolute Gasteiger partial charge is 0.273 e. The number of amides is 1. The molecule has 0 aliphatic carbocycles. The molecule has 15 heavy (non-hydrogen) atoms. The molecule has 0 saturated heterocycles. The first kappa shape index (κ1) is 11.7. The lowest BCUT2D eigenvalue weighted by Crippen LogP contribution is -2.27. The van der Waals surface area contributed by atoms with Crippen molar-refractivity contribution in [1.29, 1.82) is 0 Å². The molecule has 1 heterocycles. The number of hydrogen-bond donors (Lipinski definition) is 1. The minimum Gasteiger partial charge on any atom is -0.273 e. The van der Waals surface area contributed by atoms with Gasteiger partial charge in [0.2, 0.25) is 5.91 Å². The van der Waals surface area contributed by atoms with Crippen LogP contribution in [0.15, 0.2) is 24.5 Å². The summed E-state index contributed by atoms with van der Waals surface area (Å²) in [5.41, 5.74) is 3.27. The van der Waals surface area contributed by atoms with E-state index in [0.717, 1.165) is 5.56 Å². The summed E-state index contributed by atoms with van der Waals surface area (Å²) in [6.07, 6.45) is 3.64. The molecule has 0 aromatic carbocycles. The smallest absolute Gasteiger partial charge is 0.248 e. The summed E-state index contributed by atoms with van der Waals surface area (Å²) < 4.78 is 0. The van der Waals surface area contributed by atoms with Crippen LogP contribution in [0.3, 0.4) is 0 Å². The minimum absolute atomic E-state index is 0.149. The van der Waals surface area contributed by atoms with Crippen LogP contribution in [0.25, 0.3) is 0 Å². The Bertz CT molecular complexity index is 299. The van der Waals surface area contributed by atoms with Crippen molar-refractivity contribution in [2.45, 2.75) is 20.3 Å². The van der Waals surface area contributed by atoms with E-state index in [1.807, 2.05) is 19.9 Å². The highest BCUT2D eigenvalue weighted by molar-refractivity contribution is 5.77. The predicted molar refractivity (Wildman–Crippen MR) is 56.9 cm³/mol. The van der Waals surface area contributed by atoms with E-state index in [1.165, 1.54) is 0 Å². The number of carbonyl (C=O) groups excluding carboxylic acids is 1. The highest BCUT2D eigenvalue weighted by Crippen LogP contribution is 1.97. The van der Waals surface area contributed by atoms with Gasteiger partial charge < -0.3 is 0 Å². The van der Waals surface area contributed by atoms with Crippen LogP contribution in [0.4, 0.5) is 0 Å². The van der Waals surface area contributed by atoms with Crippen molar-refractivity contribution in [3.8, 4) is 0 Å². The maximum absolute atomic E-state index is 11.3. The number of nitrogens with one attached hydrogen (secondary N) is 1. The molecule has 1 aromatic rings. The molecule has 1 N–H and O–H groups in total. The molecular formula is C11H16N2O2. The Hall–Kier alpha value is -1.42. The molecule has 0 unspecified atom stereocenters. The molecule has 0 radical (unpaired) electrons. The van der Waals surface area contributed by atoms with Gasteiger partial charge in [-0.2, -0.15) is 0 Å². The third kappa shape index (κ3) is 5.12. The summed E-state index contributed by atoms with van der Waals surface area (Å²) in [5.74, 6) is 0.257. The van der Waals surface area contributed by atoms with Crippen molar-refractivity contribution < 1.29 is 9.63 Å². The van der Waals surface area contributed by atoms with Gasteiger partial charge in [-0.25, -0.2) is 5.48 Å². The zero-order valence-electron chi connectivity index (χ0n) is 9.06. The first-order valence-electron chi connectivity index (χ1n) is 4.98. The highest BCUT2D eigenvalue weighted by atomic mass is 16.6. The first-order chi connectivity index (χ1) is 7.18. The van der Waals surface area contributed by atoms with Crippen LogP contribution < -0.4 is 5.48 Å². The topological polar surface area (TPSA) is 51.2 Å². The standard InChI is InChI=1S/C11H16N2O2/c1-9(2)8-15-13-11(14)6-10-4-3-5-12-7-10/h3-5,7,9H,6,8H2,1-2H3,(H,13,14). The minimum atomic E-state index is -0.149. The summed E-state index contributed by atoms with van der Waals surface area (Å²) in [6.45, 7) is 4.57. The molecule has 1 amide bonds. The summed E-state index contributed by atoms with van der Waals surface area (Å²) in [4.78, 5) is 20.3. The summed E-state index contributed by atoms with van der Waals surface area (Å²) >= 11 is 0. The Balaban J connectivity index is 2.25. The summed E-state index contributed by atoms with van der Waals surface area (Å²) in [5, 5.41) is 0. The number of pyridine rings is 1. The molecule has 0 spiro atoms. The van der Waals surface area contributed by atoms with Crippen LogP contribution in [0.1, 0.15) is 19.4 Å². The average Bonchev–Trinajstić information content (AvgIpc) is 2.18. The number of carbonyl (C=O) groups is 1. The molecular weight excluding hydrogens is 192 g/mol. The average molecular weight is 208 g/mol. The second kappa shape index (κ2) is 6.14. The van der Waals surface area contributed by atoms with Crippen LogP contribution in [-0.4, -0.2) is 17.5 Å². The lowest BCUT2D eigenvalue weighted by molar-refractivity contribution is -0.133. The monoisotopic (exact) mass is 208 g/mol. The molecule has 0 saturated carbocycles. The van der Waals surface area contributed by atoms with E-state index in [1.54, 1.807) is 18.5 Å². The Labute approximate surface area is 89.6 Å². The van der Waals surface area contributed by atoms with Gasteiger partial charge in [0.1, 0.15) is 0 Å². The van der Waals surface area contributed by atoms with Crippen molar-refractivity contribution in [2.75, 3.05) is 6.61 Å². The van der Waals surface area contributed by atoms with E-state index in [4.69, 9.17) is 4.84 Å². The molecule has 1 rings (SSSR count). The third-order valence-electron chi connectivity index (χ3n) is 1.69. The van der Waals surface area contributed by atoms with Gasteiger partial charge in [-0.05, 0) is 17.5 Å². The van der Waals surface area contributed by atoms with E-state index < -0.39 is 0 Å². The second-order valence-electron chi connectivity index (χ2n) is 3.77. The normalized spacial score (nSPS) is 10.3. The zero-order chi connectivity index (χ0) is 11.1. The number of rotatable bonds is 5. The number of nitrogens with zero attached hydrogens (tertiary/aromatic N) is 1. The zero-order valence-corrected chi connectivity index (χ0v) is 9.06. The van der Waals surface area contributed by atoms with Crippen LogP contribution in [0, 0.1) is 5.92 Å². The maximum Gasteiger partial charge on any atom is 0.248 e. The fourth-order valence-corrected chi connectivity index (χ4v) is 1.01. The van der Waals surface area contributed by atoms with Gasteiger partial charge in [-0.1, -0.05) is 19.9 Å². The van der Waals surface area contributed by atoms with E-state index in [9.17, 15) is 4.79 Å². The van der Waals surface area contributed by atoms with Gasteiger partial charge in [0.05, 0.1) is 13.0 Å². The Morgan fingerprint density at radius 2 is 2.40 bits per heavy atom. The Morgan fingerprint density at radius 1 is 1.60 bits per heavy atom. The number of hydrogen-bond acceptors (Lipinski definition) is 3. The van der Waals surface area contributed by atoms with Gasteiger partial charge in [-0.15, -0.1) is 0 Å². The van der Waals surface area contributed by atoms with Crippen molar-refractivity contribution >= 4 is 5.91 Å². The lowest BCUT2D eigenvalue weighted by atomic mass is 10.2. The Morgan fingerprint density at radius 3 is 3.00 bits per heavy atom. The fraction of sp³-hybridized carbons (Fsp3) is 0.455. The van der Waals surface area contributed by atoms with Crippen molar-refractivity contribution in [1.82, 2.24) is 10.5 Å². The predicted octanol–water partition coefficient (Wildman–Crippen LogP) is 1.33. The van der Waals surface area contributed by atoms with Crippen LogP contribution in [0.5, 0.6) is 0 Å². The molecule has 0 bridgehead atoms. The number of aromatic nitrogens is 1. The molecule has 0 fully saturated rings. The molecule has 4 nitrogen and oxygen atoms in total. The maximum atomic E-state index is 11.3. The SMILES string of the molecule is CC(C)CONC(=O)Cc1cccnc1. The van der Waals surface area contributed by atoms with Gasteiger partial charge in [0, 0.05) is 12.4 Å². The lowest BCUT2D eigenvalue weighted by Gasteiger charge is -2.07. The van der Waals surface area contributed by atoms with Crippen molar-refractivity contribution in [3.63, 3.8) is 0 Å². The highest BCUT2D eigenvalue weighted by Gasteiger charge is 2.03. The van der Waals surface area contributed by atoms with Gasteiger partial charge in [0.15, 0.2) is 0 Å². The molecule has 82 valence electrons. The third-order valence-corrected chi connectivity index (χ3v) is 1.69. The van der Waals surface area contributed by atoms with E-state index in [0.29, 0.717) is 18.9 Å². The first-order valence-corrected chi connectivity index (χ1v) is 4.98. The molecule has 0 aliphatic rings. The van der Waals surface area contributed by atoms with Gasteiger partial charge in [-0.3, -0.25) is 14.6 Å². The van der Waals surface area contributed by atoms with Crippen molar-refractivity contribution in [2.24, 2.45) is 5.92 Å². The molecule has 4 heteroatoms. The van der Waals surface area contributed by atoms with Gasteiger partial charge in [0.25, 0.3) is 0 Å². The van der Waals surface area contributed by atoms with Crippen LogP contribution in [-0.2, 0) is 16.1 Å². The molecule has 0 atom stereocenters. The van der Waals surface area contributed by atoms with Crippen molar-refractivity contribution in [3.05, 3.63) is 30.1 Å². The second-order valence-corrected chi connectivity index (χ2v) is 3.77. The fourth-order valence-electron chi connectivity index (χ4n) is 1.01. The van der Waals surface area contributed by atoms with E-state index in [-0.39, 0.29) is 5.91 Å². The van der Waals surface area contributed by atoms with Gasteiger partial charge >= 0.3 is 0 Å². The molecule has 1 aromatic heterocycles. The summed E-state index contributed by atoms with van der Waals surface area (Å²) in [6, 6.07) is 3.66. The van der Waals surface area contributed by atoms with Crippen LogP contribution in [0.2, 0.25) is 0 Å². The van der Waals surface area contributed by atoms with E-state index in [2.05, 4.69) is 10.5 Å². The Kier molecular flexibility index (Phi) is 4.77. The number of hydroxylamine groups is 1.